The summed E-state index contributed by atoms with van der Waals surface area (Å²) in [4.78, 5) is 2.37. The van der Waals surface area contributed by atoms with Crippen LogP contribution in [0.15, 0.2) is 24.3 Å². The number of hydrogen-bond donors (Lipinski definition) is 1. The van der Waals surface area contributed by atoms with Crippen LogP contribution in [0.3, 0.4) is 0 Å². The molecule has 1 fully saturated rings. The van der Waals surface area contributed by atoms with Crippen LogP contribution in [0, 0.1) is 0 Å². The predicted molar refractivity (Wildman–Crippen MR) is 65.5 cm³/mol. The van der Waals surface area contributed by atoms with Gasteiger partial charge in [0, 0.05) is 31.2 Å². The molecule has 16 heavy (non-hydrogen) atoms. The molecule has 0 saturated carbocycles. The third-order valence-corrected chi connectivity index (χ3v) is 3.06. The minimum absolute atomic E-state index is 0.182. The maximum Gasteiger partial charge on any atom is 0.0824 e. The fraction of sp³-hybridized carbons (Fsp3) is 0.500. The minimum atomic E-state index is 0.182. The first-order valence-corrected chi connectivity index (χ1v) is 5.94. The van der Waals surface area contributed by atoms with Gasteiger partial charge in [0.1, 0.15) is 0 Å². The quantitative estimate of drug-likeness (QED) is 0.870. The smallest absolute Gasteiger partial charge is 0.0824 e. The Morgan fingerprint density at radius 1 is 1.38 bits per heavy atom. The van der Waals surface area contributed by atoms with E-state index in [2.05, 4.69) is 17.0 Å². The van der Waals surface area contributed by atoms with Crippen molar-refractivity contribution in [3.05, 3.63) is 34.9 Å². The van der Waals surface area contributed by atoms with Gasteiger partial charge < -0.3 is 10.5 Å². The molecule has 0 radical (unpaired) electrons. The van der Waals surface area contributed by atoms with Gasteiger partial charge in [-0.3, -0.25) is 4.90 Å². The Labute approximate surface area is 101 Å². The van der Waals surface area contributed by atoms with Crippen LogP contribution in [0.5, 0.6) is 0 Å². The second-order valence-electron chi connectivity index (χ2n) is 4.09. The molecule has 1 heterocycles. The summed E-state index contributed by atoms with van der Waals surface area (Å²) in [6.07, 6.45) is 0.182. The van der Waals surface area contributed by atoms with E-state index >= 15 is 0 Å². The van der Waals surface area contributed by atoms with Gasteiger partial charge in [0.05, 0.1) is 12.7 Å². The summed E-state index contributed by atoms with van der Waals surface area (Å²) >= 11 is 5.85. The van der Waals surface area contributed by atoms with E-state index in [1.807, 2.05) is 12.1 Å². The zero-order chi connectivity index (χ0) is 11.4. The molecule has 1 aromatic carbocycles. The van der Waals surface area contributed by atoms with Crippen molar-refractivity contribution in [2.45, 2.75) is 12.6 Å². The SMILES string of the molecule is NCC1CN(Cc2ccc(Cl)cc2)CCO1. The number of ether oxygens (including phenoxy) is 1. The van der Waals surface area contributed by atoms with Crippen LogP contribution in [-0.2, 0) is 11.3 Å². The molecule has 0 aromatic heterocycles. The molecule has 4 heteroatoms. The highest BCUT2D eigenvalue weighted by atomic mass is 35.5. The summed E-state index contributed by atoms with van der Waals surface area (Å²) in [6.45, 7) is 4.20. The Morgan fingerprint density at radius 3 is 2.81 bits per heavy atom. The Morgan fingerprint density at radius 2 is 2.12 bits per heavy atom. The molecule has 88 valence electrons. The summed E-state index contributed by atoms with van der Waals surface area (Å²) in [5.74, 6) is 0. The monoisotopic (exact) mass is 240 g/mol. The van der Waals surface area contributed by atoms with Crippen molar-refractivity contribution in [1.82, 2.24) is 4.90 Å². The number of hydrogen-bond acceptors (Lipinski definition) is 3. The summed E-state index contributed by atoms with van der Waals surface area (Å²) in [7, 11) is 0. The van der Waals surface area contributed by atoms with Gasteiger partial charge in [0.15, 0.2) is 0 Å². The summed E-state index contributed by atoms with van der Waals surface area (Å²) in [5.41, 5.74) is 6.89. The van der Waals surface area contributed by atoms with E-state index in [1.165, 1.54) is 5.56 Å². The van der Waals surface area contributed by atoms with E-state index in [1.54, 1.807) is 0 Å². The molecule has 1 saturated heterocycles. The number of rotatable bonds is 3. The lowest BCUT2D eigenvalue weighted by atomic mass is 10.2. The molecule has 1 aliphatic heterocycles. The van der Waals surface area contributed by atoms with Gasteiger partial charge in [0.2, 0.25) is 0 Å². The lowest BCUT2D eigenvalue weighted by Crippen LogP contribution is -2.45. The van der Waals surface area contributed by atoms with E-state index < -0.39 is 0 Å². The molecule has 2 N–H and O–H groups in total. The molecule has 0 aliphatic carbocycles. The van der Waals surface area contributed by atoms with Crippen molar-refractivity contribution in [2.24, 2.45) is 5.73 Å². The molecule has 0 bridgehead atoms. The van der Waals surface area contributed by atoms with Crippen LogP contribution in [0.4, 0.5) is 0 Å². The molecule has 1 aromatic rings. The Bertz CT molecular complexity index is 328. The normalized spacial score (nSPS) is 22.2. The van der Waals surface area contributed by atoms with Gasteiger partial charge in [-0.1, -0.05) is 23.7 Å². The summed E-state index contributed by atoms with van der Waals surface area (Å²) in [6, 6.07) is 7.99. The largest absolute Gasteiger partial charge is 0.374 e. The molecule has 1 atom stereocenters. The van der Waals surface area contributed by atoms with Crippen molar-refractivity contribution >= 4 is 11.6 Å². The first kappa shape index (κ1) is 11.9. The van der Waals surface area contributed by atoms with E-state index in [0.717, 1.165) is 31.3 Å². The average Bonchev–Trinajstić information content (AvgIpc) is 2.32. The van der Waals surface area contributed by atoms with Gasteiger partial charge in [-0.05, 0) is 17.7 Å². The molecule has 2 rings (SSSR count). The fourth-order valence-electron chi connectivity index (χ4n) is 1.91. The van der Waals surface area contributed by atoms with Crippen molar-refractivity contribution in [2.75, 3.05) is 26.2 Å². The molecular formula is C12H17ClN2O. The highest BCUT2D eigenvalue weighted by Crippen LogP contribution is 2.13. The predicted octanol–water partition coefficient (Wildman–Crippen LogP) is 1.50. The molecule has 0 spiro atoms. The van der Waals surface area contributed by atoms with E-state index in [-0.39, 0.29) is 6.10 Å². The Kier molecular flexibility index (Phi) is 4.18. The van der Waals surface area contributed by atoms with Crippen LogP contribution in [0.25, 0.3) is 0 Å². The lowest BCUT2D eigenvalue weighted by molar-refractivity contribution is -0.0260. The Balaban J connectivity index is 1.91. The molecular weight excluding hydrogens is 224 g/mol. The number of morpholine rings is 1. The van der Waals surface area contributed by atoms with Gasteiger partial charge in [0.25, 0.3) is 0 Å². The van der Waals surface area contributed by atoms with Crippen LogP contribution < -0.4 is 5.73 Å². The zero-order valence-corrected chi connectivity index (χ0v) is 9.99. The second-order valence-corrected chi connectivity index (χ2v) is 4.53. The average molecular weight is 241 g/mol. The van der Waals surface area contributed by atoms with E-state index in [9.17, 15) is 0 Å². The first-order chi connectivity index (χ1) is 7.78. The molecule has 0 amide bonds. The topological polar surface area (TPSA) is 38.5 Å². The lowest BCUT2D eigenvalue weighted by Gasteiger charge is -2.32. The van der Waals surface area contributed by atoms with Crippen molar-refractivity contribution in [1.29, 1.82) is 0 Å². The van der Waals surface area contributed by atoms with Gasteiger partial charge >= 0.3 is 0 Å². The van der Waals surface area contributed by atoms with Crippen LogP contribution in [0.1, 0.15) is 5.56 Å². The summed E-state index contributed by atoms with van der Waals surface area (Å²) in [5, 5.41) is 0.783. The van der Waals surface area contributed by atoms with Gasteiger partial charge in [-0.25, -0.2) is 0 Å². The van der Waals surface area contributed by atoms with E-state index in [0.29, 0.717) is 6.54 Å². The summed E-state index contributed by atoms with van der Waals surface area (Å²) < 4.78 is 5.53. The maximum atomic E-state index is 5.85. The van der Waals surface area contributed by atoms with Crippen LogP contribution in [0.2, 0.25) is 5.02 Å². The standard InChI is InChI=1S/C12H17ClN2O/c13-11-3-1-10(2-4-11)8-15-5-6-16-12(7-14)9-15/h1-4,12H,5-9,14H2. The first-order valence-electron chi connectivity index (χ1n) is 5.56. The third-order valence-electron chi connectivity index (χ3n) is 2.81. The van der Waals surface area contributed by atoms with Gasteiger partial charge in [-0.15, -0.1) is 0 Å². The maximum absolute atomic E-state index is 5.85. The molecule has 1 unspecified atom stereocenters. The van der Waals surface area contributed by atoms with Crippen molar-refractivity contribution in [3.8, 4) is 0 Å². The van der Waals surface area contributed by atoms with E-state index in [4.69, 9.17) is 22.1 Å². The molecule has 3 nitrogen and oxygen atoms in total. The zero-order valence-electron chi connectivity index (χ0n) is 9.23. The Hall–Kier alpha value is -0.610. The highest BCUT2D eigenvalue weighted by Gasteiger charge is 2.18. The number of nitrogens with zero attached hydrogens (tertiary/aromatic N) is 1. The van der Waals surface area contributed by atoms with Crippen molar-refractivity contribution < 1.29 is 4.74 Å². The number of benzene rings is 1. The fourth-order valence-corrected chi connectivity index (χ4v) is 2.04. The highest BCUT2D eigenvalue weighted by molar-refractivity contribution is 6.30. The van der Waals surface area contributed by atoms with Gasteiger partial charge in [-0.2, -0.15) is 0 Å². The third kappa shape index (κ3) is 3.19. The van der Waals surface area contributed by atoms with Crippen LogP contribution in [-0.4, -0.2) is 37.2 Å². The number of nitrogens with two attached hydrogens (primary N) is 1. The molecule has 1 aliphatic rings. The van der Waals surface area contributed by atoms with Crippen LogP contribution >= 0.6 is 11.6 Å². The second kappa shape index (κ2) is 5.64. The minimum Gasteiger partial charge on any atom is -0.374 e. The van der Waals surface area contributed by atoms with Crippen molar-refractivity contribution in [3.63, 3.8) is 0 Å². The number of halogens is 1.